The van der Waals surface area contributed by atoms with Gasteiger partial charge in [0, 0.05) is 17.8 Å². The van der Waals surface area contributed by atoms with Gasteiger partial charge in [-0.1, -0.05) is 78.9 Å². The van der Waals surface area contributed by atoms with Gasteiger partial charge in [-0.3, -0.25) is 4.79 Å². The summed E-state index contributed by atoms with van der Waals surface area (Å²) in [5, 5.41) is 5.44. The van der Waals surface area contributed by atoms with Crippen LogP contribution in [0.5, 0.6) is 5.75 Å². The Balaban J connectivity index is 1.42. The smallest absolute Gasteiger partial charge is 0.337 e. The molecule has 4 aromatic rings. The summed E-state index contributed by atoms with van der Waals surface area (Å²) in [5.41, 5.74) is 5.19. The molecular formula is C36H37N3O5. The second-order valence-electron chi connectivity index (χ2n) is 10.8. The largest absolute Gasteiger partial charge is 0.496 e. The van der Waals surface area contributed by atoms with Gasteiger partial charge < -0.3 is 25.0 Å². The second-order valence-corrected chi connectivity index (χ2v) is 10.8. The van der Waals surface area contributed by atoms with Gasteiger partial charge in [0.15, 0.2) is 0 Å². The molecule has 4 aromatic carbocycles. The number of anilines is 1. The number of para-hydroxylation sites is 1. The molecule has 1 aliphatic rings. The third-order valence-electron chi connectivity index (χ3n) is 8.08. The van der Waals surface area contributed by atoms with Gasteiger partial charge in [-0.15, -0.1) is 0 Å². The van der Waals surface area contributed by atoms with Gasteiger partial charge in [0.05, 0.1) is 32.4 Å². The zero-order chi connectivity index (χ0) is 30.9. The first-order valence-corrected chi connectivity index (χ1v) is 14.7. The lowest BCUT2D eigenvalue weighted by molar-refractivity contribution is -0.135. The molecule has 0 aromatic heterocycles. The van der Waals surface area contributed by atoms with E-state index in [1.165, 1.54) is 24.3 Å². The average molecular weight is 592 g/mol. The molecule has 226 valence electrons. The lowest BCUT2D eigenvalue weighted by Crippen LogP contribution is -2.46. The number of carbonyl (C=O) groups excluding carboxylic acids is 3. The van der Waals surface area contributed by atoms with Crippen LogP contribution in [0.1, 0.15) is 45.1 Å². The number of hydrogen-bond donors (Lipinski definition) is 2. The molecule has 0 aliphatic heterocycles. The Labute approximate surface area is 258 Å². The highest BCUT2D eigenvalue weighted by Gasteiger charge is 2.36. The van der Waals surface area contributed by atoms with Gasteiger partial charge in [0.2, 0.25) is 5.91 Å². The number of ether oxygens (including phenoxy) is 2. The summed E-state index contributed by atoms with van der Waals surface area (Å²) in [6.07, 6.45) is 2.68. The minimum absolute atomic E-state index is 0.167. The van der Waals surface area contributed by atoms with E-state index in [0.29, 0.717) is 23.5 Å². The summed E-state index contributed by atoms with van der Waals surface area (Å²) < 4.78 is 10.4. The van der Waals surface area contributed by atoms with E-state index in [1.807, 2.05) is 59.5 Å². The molecule has 2 atom stereocenters. The highest BCUT2D eigenvalue weighted by atomic mass is 16.5. The maximum absolute atomic E-state index is 14.2. The maximum Gasteiger partial charge on any atom is 0.337 e. The van der Waals surface area contributed by atoms with Crippen LogP contribution in [0.15, 0.2) is 103 Å². The predicted molar refractivity (Wildman–Crippen MR) is 169 cm³/mol. The van der Waals surface area contributed by atoms with Crippen molar-refractivity contribution in [2.75, 3.05) is 26.1 Å². The van der Waals surface area contributed by atoms with E-state index in [1.54, 1.807) is 25.3 Å². The number of esters is 1. The molecule has 0 bridgehead atoms. The fraction of sp³-hybridized carbons (Fsp3) is 0.250. The van der Waals surface area contributed by atoms with Crippen molar-refractivity contribution < 1.29 is 23.9 Å². The van der Waals surface area contributed by atoms with Gasteiger partial charge in [-0.05, 0) is 66.1 Å². The minimum Gasteiger partial charge on any atom is -0.496 e. The van der Waals surface area contributed by atoms with E-state index >= 15 is 0 Å². The monoisotopic (exact) mass is 591 g/mol. The van der Waals surface area contributed by atoms with Crippen molar-refractivity contribution in [1.29, 1.82) is 0 Å². The molecule has 0 saturated carbocycles. The lowest BCUT2D eigenvalue weighted by atomic mass is 9.76. The number of nitrogens with zero attached hydrogens (tertiary/aromatic N) is 1. The summed E-state index contributed by atoms with van der Waals surface area (Å²) in [5.74, 6) is 0.147. The molecule has 0 unspecified atom stereocenters. The SMILES string of the molecule is COC(=O)c1cccc(NC(=O)NCC(=O)N(Cc2ccccc2OC)[C@@H]2c3ccccc3CC[C@H]2Cc2ccccc2)c1. The summed E-state index contributed by atoms with van der Waals surface area (Å²) in [6, 6.07) is 32.1. The number of amides is 3. The van der Waals surface area contributed by atoms with Gasteiger partial charge in [-0.2, -0.15) is 0 Å². The van der Waals surface area contributed by atoms with Crippen molar-refractivity contribution in [3.05, 3.63) is 131 Å². The first-order chi connectivity index (χ1) is 21.5. The van der Waals surface area contributed by atoms with Crippen molar-refractivity contribution in [3.63, 3.8) is 0 Å². The van der Waals surface area contributed by atoms with Crippen LogP contribution in [0.3, 0.4) is 0 Å². The van der Waals surface area contributed by atoms with Crippen molar-refractivity contribution in [3.8, 4) is 5.75 Å². The van der Waals surface area contributed by atoms with E-state index < -0.39 is 12.0 Å². The quantitative estimate of drug-likeness (QED) is 0.215. The van der Waals surface area contributed by atoms with Gasteiger partial charge in [0.1, 0.15) is 5.75 Å². The maximum atomic E-state index is 14.2. The predicted octanol–water partition coefficient (Wildman–Crippen LogP) is 6.18. The molecule has 1 aliphatic carbocycles. The zero-order valence-electron chi connectivity index (χ0n) is 25.0. The summed E-state index contributed by atoms with van der Waals surface area (Å²) in [6.45, 7) is 0.103. The fourth-order valence-electron chi connectivity index (χ4n) is 5.99. The average Bonchev–Trinajstić information content (AvgIpc) is 3.06. The number of rotatable bonds is 10. The standard InChI is InChI=1S/C36H37N3O5/c1-43-32-18-9-7-14-29(32)24-39(33(40)23-37-36(42)38-30-16-10-15-28(22-30)35(41)44-2)34-27(21-25-11-4-3-5-12-25)20-19-26-13-6-8-17-31(26)34/h3-18,22,27,34H,19-21,23-24H2,1-2H3,(H2,37,38,42)/t27-,34-/m0/s1. The first-order valence-electron chi connectivity index (χ1n) is 14.7. The van der Waals surface area contributed by atoms with Crippen LogP contribution in [-0.4, -0.2) is 43.6 Å². The molecule has 0 radical (unpaired) electrons. The highest BCUT2D eigenvalue weighted by molar-refractivity contribution is 5.95. The molecular weight excluding hydrogens is 554 g/mol. The number of nitrogens with one attached hydrogen (secondary N) is 2. The summed E-state index contributed by atoms with van der Waals surface area (Å²) in [4.78, 5) is 40.9. The van der Waals surface area contributed by atoms with Crippen LogP contribution in [0.2, 0.25) is 0 Å². The molecule has 2 N–H and O–H groups in total. The molecule has 0 spiro atoms. The Morgan fingerprint density at radius 3 is 2.41 bits per heavy atom. The Morgan fingerprint density at radius 1 is 0.864 bits per heavy atom. The normalized spacial score (nSPS) is 15.4. The number of methoxy groups -OCH3 is 2. The van der Waals surface area contributed by atoms with Gasteiger partial charge >= 0.3 is 12.0 Å². The molecule has 8 nitrogen and oxygen atoms in total. The van der Waals surface area contributed by atoms with Crippen LogP contribution in [0.25, 0.3) is 0 Å². The molecule has 0 heterocycles. The summed E-state index contributed by atoms with van der Waals surface area (Å²) >= 11 is 0. The van der Waals surface area contributed by atoms with Crippen LogP contribution in [0.4, 0.5) is 10.5 Å². The fourth-order valence-corrected chi connectivity index (χ4v) is 5.99. The van der Waals surface area contributed by atoms with Crippen molar-refractivity contribution in [2.45, 2.75) is 31.8 Å². The topological polar surface area (TPSA) is 97.0 Å². The van der Waals surface area contributed by atoms with E-state index in [-0.39, 0.29) is 24.4 Å². The van der Waals surface area contributed by atoms with Crippen LogP contribution in [0, 0.1) is 5.92 Å². The Kier molecular flexibility index (Phi) is 9.92. The molecule has 3 amide bonds. The zero-order valence-corrected chi connectivity index (χ0v) is 25.0. The van der Waals surface area contributed by atoms with Crippen LogP contribution in [-0.2, 0) is 28.9 Å². The Morgan fingerprint density at radius 2 is 1.61 bits per heavy atom. The number of fused-ring (bicyclic) bond motifs is 1. The van der Waals surface area contributed by atoms with E-state index in [4.69, 9.17) is 9.47 Å². The van der Waals surface area contributed by atoms with Crippen LogP contribution >= 0.6 is 0 Å². The van der Waals surface area contributed by atoms with Crippen LogP contribution < -0.4 is 15.4 Å². The van der Waals surface area contributed by atoms with Crippen molar-refractivity contribution in [2.24, 2.45) is 5.92 Å². The Bertz CT molecular complexity index is 1610. The number of aryl methyl sites for hydroxylation is 1. The third kappa shape index (κ3) is 7.26. The van der Waals surface area contributed by atoms with E-state index in [0.717, 1.165) is 30.4 Å². The first kappa shape index (κ1) is 30.4. The van der Waals surface area contributed by atoms with Gasteiger partial charge in [0.25, 0.3) is 0 Å². The lowest BCUT2D eigenvalue weighted by Gasteiger charge is -2.42. The third-order valence-corrected chi connectivity index (χ3v) is 8.08. The molecule has 44 heavy (non-hydrogen) atoms. The molecule has 0 fully saturated rings. The van der Waals surface area contributed by atoms with E-state index in [9.17, 15) is 14.4 Å². The van der Waals surface area contributed by atoms with Crippen molar-refractivity contribution in [1.82, 2.24) is 10.2 Å². The Hall–Kier alpha value is -5.11. The number of hydrogen-bond acceptors (Lipinski definition) is 5. The molecule has 0 saturated heterocycles. The van der Waals surface area contributed by atoms with Crippen molar-refractivity contribution >= 4 is 23.6 Å². The number of urea groups is 1. The highest BCUT2D eigenvalue weighted by Crippen LogP contribution is 2.41. The number of benzene rings is 4. The number of carbonyl (C=O) groups is 3. The minimum atomic E-state index is -0.553. The summed E-state index contributed by atoms with van der Waals surface area (Å²) in [7, 11) is 2.92. The molecule has 5 rings (SSSR count). The van der Waals surface area contributed by atoms with E-state index in [2.05, 4.69) is 34.9 Å². The van der Waals surface area contributed by atoms with Gasteiger partial charge in [-0.25, -0.2) is 9.59 Å². The molecule has 8 heteroatoms. The second kappa shape index (κ2) is 14.4.